The second-order valence-electron chi connectivity index (χ2n) is 11.2. The van der Waals surface area contributed by atoms with Gasteiger partial charge in [0, 0.05) is 41.3 Å². The Kier molecular flexibility index (Phi) is 7.86. The molecule has 1 N–H and O–H groups in total. The molecule has 0 bridgehead atoms. The van der Waals surface area contributed by atoms with Gasteiger partial charge < -0.3 is 9.88 Å². The van der Waals surface area contributed by atoms with Gasteiger partial charge in [-0.25, -0.2) is 9.37 Å². The van der Waals surface area contributed by atoms with Gasteiger partial charge in [-0.3, -0.25) is 14.5 Å². The minimum Gasteiger partial charge on any atom is -0.330 e. The Morgan fingerprint density at radius 3 is 2.71 bits per heavy atom. The van der Waals surface area contributed by atoms with E-state index in [0.717, 1.165) is 48.7 Å². The number of nitrogens with one attached hydrogen (secondary N) is 1. The normalized spacial score (nSPS) is 20.9. The van der Waals surface area contributed by atoms with Crippen LogP contribution in [0.1, 0.15) is 53.1 Å². The number of benzene rings is 3. The second-order valence-corrected chi connectivity index (χ2v) is 12.1. The van der Waals surface area contributed by atoms with E-state index in [0.29, 0.717) is 40.7 Å². The number of hydrogen-bond acceptors (Lipinski definition) is 4. The summed E-state index contributed by atoms with van der Waals surface area (Å²) in [5.74, 6) is -0.503. The van der Waals surface area contributed by atoms with Crippen LogP contribution in [0.25, 0.3) is 11.0 Å². The van der Waals surface area contributed by atoms with E-state index < -0.39 is 11.9 Å². The fourth-order valence-corrected chi connectivity index (χ4v) is 6.70. The van der Waals surface area contributed by atoms with Gasteiger partial charge in [-0.15, -0.1) is 0 Å². The van der Waals surface area contributed by atoms with Gasteiger partial charge in [0.25, 0.3) is 0 Å². The molecule has 2 heterocycles. The van der Waals surface area contributed by atoms with E-state index in [4.69, 9.17) is 23.2 Å². The van der Waals surface area contributed by atoms with Crippen molar-refractivity contribution in [3.8, 4) is 0 Å². The molecule has 0 spiro atoms. The Hall–Kier alpha value is -3.26. The standard InChI is InChI=1S/C32H31Cl2FN4O2/c1-19-21(17-40)10-11-28-30(19)38(18-36-28)13-12-24-15-26(25-6-3-7-27(34)29(25)35)31(39(24)16-20-8-9-20)32(41)37-23-5-2-4-22(33)14-23/h2-7,10-11,14,17-18,20,24,26,31H,8-9,12-13,15-16H2,1H3,(H,37,41)/t24-,26?,31?/m0/s1. The molecule has 6 nitrogen and oxygen atoms in total. The summed E-state index contributed by atoms with van der Waals surface area (Å²) in [4.78, 5) is 32.4. The van der Waals surface area contributed by atoms with Crippen molar-refractivity contribution >= 4 is 52.1 Å². The number of rotatable bonds is 9. The van der Waals surface area contributed by atoms with Gasteiger partial charge in [0.2, 0.25) is 5.91 Å². The van der Waals surface area contributed by atoms with Gasteiger partial charge in [0.1, 0.15) is 12.1 Å². The average Bonchev–Trinajstić information content (AvgIpc) is 3.56. The highest BCUT2D eigenvalue weighted by Gasteiger charge is 2.48. The van der Waals surface area contributed by atoms with Crippen LogP contribution in [0.4, 0.5) is 10.1 Å². The Morgan fingerprint density at radius 1 is 1.15 bits per heavy atom. The van der Waals surface area contributed by atoms with Crippen molar-refractivity contribution in [1.82, 2.24) is 14.5 Å². The lowest BCUT2D eigenvalue weighted by Gasteiger charge is -2.31. The molecular weight excluding hydrogens is 562 g/mol. The fourth-order valence-electron chi connectivity index (χ4n) is 6.32. The number of fused-ring (bicyclic) bond motifs is 1. The van der Waals surface area contributed by atoms with Gasteiger partial charge in [-0.1, -0.05) is 41.4 Å². The SMILES string of the molecule is Cc1c(C=O)ccc2ncn(CC[C@H]3CC(c4cccc(Cl)c4F)C(C(=O)Nc4cccc(Cl)c4)N3CC3CC3)c12. The second kappa shape index (κ2) is 11.6. The molecule has 9 heteroatoms. The van der Waals surface area contributed by atoms with Crippen molar-refractivity contribution in [3.63, 3.8) is 0 Å². The Balaban J connectivity index is 1.34. The number of carbonyl (C=O) groups excluding carboxylic acids is 2. The van der Waals surface area contributed by atoms with Crippen LogP contribution in [0.5, 0.6) is 0 Å². The number of amides is 1. The number of hydrogen-bond donors (Lipinski definition) is 1. The number of aryl methyl sites for hydroxylation is 2. The van der Waals surface area contributed by atoms with Crippen molar-refractivity contribution in [2.24, 2.45) is 5.92 Å². The van der Waals surface area contributed by atoms with Crippen LogP contribution in [0.2, 0.25) is 10.0 Å². The van der Waals surface area contributed by atoms with E-state index in [1.165, 1.54) is 6.07 Å². The zero-order valence-electron chi connectivity index (χ0n) is 22.7. The van der Waals surface area contributed by atoms with Gasteiger partial charge in [0.15, 0.2) is 0 Å². The van der Waals surface area contributed by atoms with Crippen LogP contribution < -0.4 is 5.32 Å². The number of imidazole rings is 1. The predicted molar refractivity (Wildman–Crippen MR) is 160 cm³/mol. The number of halogens is 3. The van der Waals surface area contributed by atoms with Crippen LogP contribution in [0.3, 0.4) is 0 Å². The lowest BCUT2D eigenvalue weighted by Crippen LogP contribution is -2.46. The first-order chi connectivity index (χ1) is 19.8. The van der Waals surface area contributed by atoms with Crippen LogP contribution in [0, 0.1) is 18.7 Å². The Bertz CT molecular complexity index is 1620. The molecule has 1 saturated carbocycles. The van der Waals surface area contributed by atoms with E-state index in [1.54, 1.807) is 42.5 Å². The fraction of sp³-hybridized carbons (Fsp3) is 0.344. The highest BCUT2D eigenvalue weighted by Crippen LogP contribution is 2.44. The molecule has 2 unspecified atom stereocenters. The van der Waals surface area contributed by atoms with Crippen molar-refractivity contribution in [3.05, 3.63) is 93.5 Å². The quantitative estimate of drug-likeness (QED) is 0.207. The summed E-state index contributed by atoms with van der Waals surface area (Å²) in [7, 11) is 0. The summed E-state index contributed by atoms with van der Waals surface area (Å²) in [6.45, 7) is 3.36. The van der Waals surface area contributed by atoms with E-state index in [-0.39, 0.29) is 22.9 Å². The maximum Gasteiger partial charge on any atom is 0.242 e. The minimum absolute atomic E-state index is 0.0288. The molecule has 0 radical (unpaired) electrons. The summed E-state index contributed by atoms with van der Waals surface area (Å²) in [6.07, 6.45) is 6.28. The molecule has 212 valence electrons. The first-order valence-electron chi connectivity index (χ1n) is 14.0. The smallest absolute Gasteiger partial charge is 0.242 e. The van der Waals surface area contributed by atoms with Crippen LogP contribution in [0.15, 0.2) is 60.9 Å². The van der Waals surface area contributed by atoms with Gasteiger partial charge in [0.05, 0.1) is 28.4 Å². The highest BCUT2D eigenvalue weighted by atomic mass is 35.5. The summed E-state index contributed by atoms with van der Waals surface area (Å²) in [6, 6.07) is 15.2. The van der Waals surface area contributed by atoms with Crippen LogP contribution in [-0.2, 0) is 11.3 Å². The van der Waals surface area contributed by atoms with Crippen molar-refractivity contribution in [2.75, 3.05) is 11.9 Å². The van der Waals surface area contributed by atoms with Crippen LogP contribution in [-0.4, -0.2) is 45.3 Å². The van der Waals surface area contributed by atoms with E-state index in [1.807, 2.05) is 19.3 Å². The molecule has 1 aliphatic carbocycles. The van der Waals surface area contributed by atoms with E-state index >= 15 is 4.39 Å². The molecule has 6 rings (SSSR count). The molecule has 4 aromatic rings. The Morgan fingerprint density at radius 2 is 1.95 bits per heavy atom. The van der Waals surface area contributed by atoms with Crippen molar-refractivity contribution in [2.45, 2.75) is 57.2 Å². The molecule has 1 aromatic heterocycles. The summed E-state index contributed by atoms with van der Waals surface area (Å²) in [5.41, 5.74) is 4.39. The predicted octanol–water partition coefficient (Wildman–Crippen LogP) is 7.27. The molecule has 1 aliphatic heterocycles. The zero-order chi connectivity index (χ0) is 28.7. The lowest BCUT2D eigenvalue weighted by molar-refractivity contribution is -0.121. The molecular formula is C32H31Cl2FN4O2. The number of carbonyl (C=O) groups is 2. The highest BCUT2D eigenvalue weighted by molar-refractivity contribution is 6.31. The van der Waals surface area contributed by atoms with Crippen LogP contribution >= 0.6 is 23.2 Å². The van der Waals surface area contributed by atoms with E-state index in [2.05, 4.69) is 19.8 Å². The summed E-state index contributed by atoms with van der Waals surface area (Å²) in [5, 5.41) is 3.63. The number of nitrogens with zero attached hydrogens (tertiary/aromatic N) is 3. The van der Waals surface area contributed by atoms with Gasteiger partial charge >= 0.3 is 0 Å². The molecule has 41 heavy (non-hydrogen) atoms. The third kappa shape index (κ3) is 5.63. The first-order valence-corrected chi connectivity index (χ1v) is 14.8. The molecule has 1 amide bonds. The minimum atomic E-state index is -0.574. The van der Waals surface area contributed by atoms with E-state index in [9.17, 15) is 9.59 Å². The van der Waals surface area contributed by atoms with Crippen molar-refractivity contribution in [1.29, 1.82) is 0 Å². The molecule has 2 aliphatic rings. The van der Waals surface area contributed by atoms with Crippen molar-refractivity contribution < 1.29 is 14.0 Å². The maximum absolute atomic E-state index is 15.5. The maximum atomic E-state index is 15.5. The first kappa shape index (κ1) is 27.9. The Labute approximate surface area is 248 Å². The lowest BCUT2D eigenvalue weighted by atomic mass is 9.89. The monoisotopic (exact) mass is 592 g/mol. The third-order valence-electron chi connectivity index (χ3n) is 8.55. The zero-order valence-corrected chi connectivity index (χ0v) is 24.2. The molecule has 1 saturated heterocycles. The number of aromatic nitrogens is 2. The summed E-state index contributed by atoms with van der Waals surface area (Å²) < 4.78 is 17.5. The molecule has 3 atom stereocenters. The number of likely N-dealkylation sites (tertiary alicyclic amines) is 1. The third-order valence-corrected chi connectivity index (χ3v) is 9.07. The average molecular weight is 594 g/mol. The van der Waals surface area contributed by atoms with Gasteiger partial charge in [-0.2, -0.15) is 0 Å². The molecule has 3 aromatic carbocycles. The number of anilines is 1. The van der Waals surface area contributed by atoms with Gasteiger partial charge in [-0.05, 0) is 86.1 Å². The largest absolute Gasteiger partial charge is 0.330 e. The summed E-state index contributed by atoms with van der Waals surface area (Å²) >= 11 is 12.4. The molecule has 2 fully saturated rings. The number of aldehydes is 1. The topological polar surface area (TPSA) is 67.2 Å².